The lowest BCUT2D eigenvalue weighted by molar-refractivity contribution is 1.09. The van der Waals surface area contributed by atoms with E-state index in [4.69, 9.17) is 5.73 Å². The minimum Gasteiger partial charge on any atom is -0.393 e. The third-order valence-electron chi connectivity index (χ3n) is 3.27. The maximum absolute atomic E-state index is 6.17. The van der Waals surface area contributed by atoms with Crippen LogP contribution in [0.15, 0.2) is 65.4 Å². The fourth-order valence-electron chi connectivity index (χ4n) is 2.12. The number of nitrogens with zero attached hydrogens (tertiary/aromatic N) is 2. The number of aromatic nitrogens is 2. The third kappa shape index (κ3) is 3.98. The van der Waals surface area contributed by atoms with Crippen LogP contribution in [0.3, 0.4) is 0 Å². The number of benzene rings is 2. The van der Waals surface area contributed by atoms with Crippen LogP contribution in [0.4, 0.5) is 23.0 Å². The van der Waals surface area contributed by atoms with Gasteiger partial charge in [0.1, 0.15) is 12.0 Å². The van der Waals surface area contributed by atoms with Crippen LogP contribution in [0.1, 0.15) is 5.56 Å². The number of hydrogen-bond donors (Lipinski definition) is 3. The summed E-state index contributed by atoms with van der Waals surface area (Å²) in [6.45, 7) is 0.651. The molecule has 6 heteroatoms. The Morgan fingerprint density at radius 1 is 0.957 bits per heavy atom. The summed E-state index contributed by atoms with van der Waals surface area (Å²) in [4.78, 5) is 8.43. The molecule has 1 heterocycles. The fourth-order valence-corrected chi connectivity index (χ4v) is 2.52. The maximum atomic E-state index is 6.17. The number of hydrogen-bond acceptors (Lipinski definition) is 5. The summed E-state index contributed by atoms with van der Waals surface area (Å²) in [5, 5.41) is 6.45. The van der Waals surface area contributed by atoms with E-state index >= 15 is 0 Å². The summed E-state index contributed by atoms with van der Waals surface area (Å²) in [5.41, 5.74) is 8.72. The Balaban J connectivity index is 1.75. The topological polar surface area (TPSA) is 75.9 Å². The maximum Gasteiger partial charge on any atom is 0.159 e. The molecule has 0 spiro atoms. The SMILES string of the molecule is Nc1c(NCc2ccccc2)ncnc1Nc1cccc(Br)c1. The van der Waals surface area contributed by atoms with E-state index in [2.05, 4.69) is 36.5 Å². The molecule has 2 aromatic carbocycles. The zero-order chi connectivity index (χ0) is 16.1. The van der Waals surface area contributed by atoms with Crippen LogP contribution in [0.2, 0.25) is 0 Å². The van der Waals surface area contributed by atoms with Gasteiger partial charge < -0.3 is 16.4 Å². The second-order valence-electron chi connectivity index (χ2n) is 4.96. The van der Waals surface area contributed by atoms with Gasteiger partial charge >= 0.3 is 0 Å². The molecule has 0 aliphatic rings. The third-order valence-corrected chi connectivity index (χ3v) is 3.77. The number of rotatable bonds is 5. The number of nitrogens with two attached hydrogens (primary N) is 1. The van der Waals surface area contributed by atoms with Gasteiger partial charge in [-0.05, 0) is 23.8 Å². The van der Waals surface area contributed by atoms with Crippen molar-refractivity contribution in [1.82, 2.24) is 9.97 Å². The average molecular weight is 370 g/mol. The Morgan fingerprint density at radius 3 is 2.52 bits per heavy atom. The first-order valence-electron chi connectivity index (χ1n) is 7.13. The van der Waals surface area contributed by atoms with E-state index in [1.54, 1.807) is 0 Å². The monoisotopic (exact) mass is 369 g/mol. The Kier molecular flexibility index (Phi) is 4.73. The van der Waals surface area contributed by atoms with Gasteiger partial charge in [-0.3, -0.25) is 0 Å². The molecule has 4 N–H and O–H groups in total. The van der Waals surface area contributed by atoms with Crippen molar-refractivity contribution < 1.29 is 0 Å². The zero-order valence-electron chi connectivity index (χ0n) is 12.3. The first kappa shape index (κ1) is 15.3. The highest BCUT2D eigenvalue weighted by Crippen LogP contribution is 2.27. The highest BCUT2D eigenvalue weighted by atomic mass is 79.9. The molecule has 0 atom stereocenters. The quantitative estimate of drug-likeness (QED) is 0.628. The van der Waals surface area contributed by atoms with Gasteiger partial charge in [0.25, 0.3) is 0 Å². The van der Waals surface area contributed by atoms with Crippen molar-refractivity contribution in [2.45, 2.75) is 6.54 Å². The summed E-state index contributed by atoms with van der Waals surface area (Å²) in [6.07, 6.45) is 1.49. The second kappa shape index (κ2) is 7.11. The first-order valence-corrected chi connectivity index (χ1v) is 7.92. The van der Waals surface area contributed by atoms with E-state index in [1.807, 2.05) is 54.6 Å². The summed E-state index contributed by atoms with van der Waals surface area (Å²) in [5.74, 6) is 1.19. The summed E-state index contributed by atoms with van der Waals surface area (Å²) in [7, 11) is 0. The standard InChI is InChI=1S/C17H16BrN5/c18-13-7-4-8-14(9-13)23-17-15(19)16(21-11-22-17)20-10-12-5-2-1-3-6-12/h1-9,11H,10,19H2,(H2,20,21,22,23). The Hall–Kier alpha value is -2.60. The molecular formula is C17H16BrN5. The molecule has 3 rings (SSSR count). The van der Waals surface area contributed by atoms with Gasteiger partial charge in [0.05, 0.1) is 0 Å². The lowest BCUT2D eigenvalue weighted by atomic mass is 10.2. The van der Waals surface area contributed by atoms with Crippen LogP contribution in [0, 0.1) is 0 Å². The van der Waals surface area contributed by atoms with Crippen molar-refractivity contribution in [3.05, 3.63) is 71.0 Å². The minimum atomic E-state index is 0.489. The van der Waals surface area contributed by atoms with Gasteiger partial charge in [-0.15, -0.1) is 0 Å². The number of nitrogen functional groups attached to an aromatic ring is 1. The van der Waals surface area contributed by atoms with E-state index < -0.39 is 0 Å². The van der Waals surface area contributed by atoms with E-state index in [9.17, 15) is 0 Å². The molecule has 0 aliphatic carbocycles. The van der Waals surface area contributed by atoms with E-state index in [0.29, 0.717) is 23.9 Å². The number of nitrogens with one attached hydrogen (secondary N) is 2. The van der Waals surface area contributed by atoms with Crippen LogP contribution < -0.4 is 16.4 Å². The van der Waals surface area contributed by atoms with Crippen molar-refractivity contribution in [3.63, 3.8) is 0 Å². The molecule has 0 fully saturated rings. The van der Waals surface area contributed by atoms with Gasteiger partial charge in [0.2, 0.25) is 0 Å². The summed E-state index contributed by atoms with van der Waals surface area (Å²) < 4.78 is 0.984. The fraction of sp³-hybridized carbons (Fsp3) is 0.0588. The minimum absolute atomic E-state index is 0.489. The van der Waals surface area contributed by atoms with Crippen LogP contribution in [0.25, 0.3) is 0 Å². The zero-order valence-corrected chi connectivity index (χ0v) is 13.9. The molecule has 0 aliphatic heterocycles. The predicted octanol–water partition coefficient (Wildman–Crippen LogP) is 4.18. The molecule has 5 nitrogen and oxygen atoms in total. The molecular weight excluding hydrogens is 354 g/mol. The molecule has 0 radical (unpaired) electrons. The molecule has 0 bridgehead atoms. The Bertz CT molecular complexity index is 792. The van der Waals surface area contributed by atoms with Crippen molar-refractivity contribution >= 4 is 38.9 Å². The Labute approximate surface area is 143 Å². The Morgan fingerprint density at radius 2 is 1.74 bits per heavy atom. The predicted molar refractivity (Wildman–Crippen MR) is 97.6 cm³/mol. The highest BCUT2D eigenvalue weighted by Gasteiger charge is 2.08. The van der Waals surface area contributed by atoms with Gasteiger partial charge in [0.15, 0.2) is 11.6 Å². The van der Waals surface area contributed by atoms with Crippen molar-refractivity contribution in [2.75, 3.05) is 16.4 Å². The molecule has 116 valence electrons. The van der Waals surface area contributed by atoms with Gasteiger partial charge in [-0.1, -0.05) is 52.3 Å². The highest BCUT2D eigenvalue weighted by molar-refractivity contribution is 9.10. The van der Waals surface area contributed by atoms with E-state index in [1.165, 1.54) is 6.33 Å². The molecule has 1 aromatic heterocycles. The van der Waals surface area contributed by atoms with Crippen LogP contribution in [-0.4, -0.2) is 9.97 Å². The molecule has 23 heavy (non-hydrogen) atoms. The summed E-state index contributed by atoms with van der Waals surface area (Å²) >= 11 is 3.44. The van der Waals surface area contributed by atoms with Crippen molar-refractivity contribution in [3.8, 4) is 0 Å². The average Bonchev–Trinajstić information content (AvgIpc) is 2.57. The van der Waals surface area contributed by atoms with Crippen molar-refractivity contribution in [2.24, 2.45) is 0 Å². The second-order valence-corrected chi connectivity index (χ2v) is 5.87. The van der Waals surface area contributed by atoms with Gasteiger partial charge in [-0.25, -0.2) is 9.97 Å². The first-order chi connectivity index (χ1) is 11.2. The lowest BCUT2D eigenvalue weighted by Crippen LogP contribution is -2.08. The largest absolute Gasteiger partial charge is 0.393 e. The molecule has 0 amide bonds. The van der Waals surface area contributed by atoms with Crippen LogP contribution >= 0.6 is 15.9 Å². The van der Waals surface area contributed by atoms with Gasteiger partial charge in [0, 0.05) is 16.7 Å². The summed E-state index contributed by atoms with van der Waals surface area (Å²) in [6, 6.07) is 17.9. The van der Waals surface area contributed by atoms with E-state index in [-0.39, 0.29) is 0 Å². The number of anilines is 4. The molecule has 0 unspecified atom stereocenters. The van der Waals surface area contributed by atoms with Gasteiger partial charge in [-0.2, -0.15) is 0 Å². The smallest absolute Gasteiger partial charge is 0.159 e. The number of halogens is 1. The van der Waals surface area contributed by atoms with Crippen molar-refractivity contribution in [1.29, 1.82) is 0 Å². The lowest BCUT2D eigenvalue weighted by Gasteiger charge is -2.12. The van der Waals surface area contributed by atoms with E-state index in [0.717, 1.165) is 15.7 Å². The molecule has 0 saturated heterocycles. The normalized spacial score (nSPS) is 10.3. The molecule has 0 saturated carbocycles. The van der Waals surface area contributed by atoms with Crippen LogP contribution in [-0.2, 0) is 6.54 Å². The molecule has 3 aromatic rings. The van der Waals surface area contributed by atoms with Crippen LogP contribution in [0.5, 0.6) is 0 Å².